The Bertz CT molecular complexity index is 847. The first-order valence-electron chi connectivity index (χ1n) is 9.22. The summed E-state index contributed by atoms with van der Waals surface area (Å²) in [5, 5.41) is -0.174. The molecule has 0 saturated heterocycles. The number of hydrogen-bond acceptors (Lipinski definition) is 6. The van der Waals surface area contributed by atoms with Gasteiger partial charge in [0.05, 0.1) is 25.3 Å². The van der Waals surface area contributed by atoms with Gasteiger partial charge in [-0.25, -0.2) is 0 Å². The predicted molar refractivity (Wildman–Crippen MR) is 112 cm³/mol. The van der Waals surface area contributed by atoms with Crippen LogP contribution >= 0.6 is 11.8 Å². The largest absolute Gasteiger partial charge is 0.496 e. The fourth-order valence-corrected chi connectivity index (χ4v) is 4.21. The van der Waals surface area contributed by atoms with Gasteiger partial charge in [-0.05, 0) is 44.9 Å². The van der Waals surface area contributed by atoms with Gasteiger partial charge in [0.2, 0.25) is 0 Å². The molecule has 0 fully saturated rings. The van der Waals surface area contributed by atoms with Crippen LogP contribution in [0.5, 0.6) is 11.5 Å². The third-order valence-electron chi connectivity index (χ3n) is 4.39. The molecule has 150 valence electrons. The molecule has 28 heavy (non-hydrogen) atoms. The molecule has 0 heterocycles. The van der Waals surface area contributed by atoms with E-state index in [0.717, 1.165) is 12.0 Å². The molecule has 0 aliphatic heterocycles. The van der Waals surface area contributed by atoms with Crippen molar-refractivity contribution in [2.75, 3.05) is 14.2 Å². The van der Waals surface area contributed by atoms with Crippen LogP contribution in [0.1, 0.15) is 71.6 Å². The Kier molecular flexibility index (Phi) is 7.63. The number of fused-ring (bicyclic) bond motifs is 1. The van der Waals surface area contributed by atoms with Gasteiger partial charge in [-0.2, -0.15) is 0 Å². The Balaban J connectivity index is 2.67. The van der Waals surface area contributed by atoms with E-state index < -0.39 is 0 Å². The number of allylic oxidation sites excluding steroid dienone is 4. The summed E-state index contributed by atoms with van der Waals surface area (Å²) in [5.74, 6) is 0.0472. The molecular weight excluding hydrogens is 376 g/mol. The highest BCUT2D eigenvalue weighted by atomic mass is 32.2. The van der Waals surface area contributed by atoms with Crippen molar-refractivity contribution >= 4 is 28.4 Å². The van der Waals surface area contributed by atoms with E-state index in [1.807, 2.05) is 20.8 Å². The average molecular weight is 403 g/mol. The third kappa shape index (κ3) is 4.73. The molecule has 1 unspecified atom stereocenters. The molecule has 6 heteroatoms. The summed E-state index contributed by atoms with van der Waals surface area (Å²) in [4.78, 5) is 37.3. The van der Waals surface area contributed by atoms with Crippen LogP contribution in [0, 0.1) is 0 Å². The molecule has 0 radical (unpaired) electrons. The number of carbonyl (C=O) groups is 3. The summed E-state index contributed by atoms with van der Waals surface area (Å²) in [7, 11) is 2.93. The molecule has 1 aliphatic carbocycles. The average Bonchev–Trinajstić information content (AvgIpc) is 2.66. The lowest BCUT2D eigenvalue weighted by Crippen LogP contribution is -2.17. The van der Waals surface area contributed by atoms with Crippen molar-refractivity contribution in [3.8, 4) is 11.5 Å². The maximum Gasteiger partial charge on any atom is 0.190 e. The molecule has 0 saturated carbocycles. The number of benzene rings is 1. The van der Waals surface area contributed by atoms with E-state index in [4.69, 9.17) is 9.47 Å². The van der Waals surface area contributed by atoms with E-state index >= 15 is 0 Å². The Morgan fingerprint density at radius 3 is 2.29 bits per heavy atom. The Morgan fingerprint density at radius 1 is 1.11 bits per heavy atom. The van der Waals surface area contributed by atoms with E-state index in [-0.39, 0.29) is 33.1 Å². The lowest BCUT2D eigenvalue weighted by Gasteiger charge is -2.24. The van der Waals surface area contributed by atoms with Crippen molar-refractivity contribution in [3.63, 3.8) is 0 Å². The van der Waals surface area contributed by atoms with E-state index in [0.29, 0.717) is 29.9 Å². The molecule has 1 atom stereocenters. The summed E-state index contributed by atoms with van der Waals surface area (Å²) in [5.41, 5.74) is 2.23. The fourth-order valence-electron chi connectivity index (χ4n) is 3.08. The van der Waals surface area contributed by atoms with E-state index in [2.05, 4.69) is 6.08 Å². The topological polar surface area (TPSA) is 69.7 Å². The predicted octanol–water partition coefficient (Wildman–Crippen LogP) is 5.10. The number of rotatable bonds is 8. The van der Waals surface area contributed by atoms with E-state index in [1.54, 1.807) is 6.07 Å². The molecule has 1 aromatic carbocycles. The molecule has 0 bridgehead atoms. The van der Waals surface area contributed by atoms with Gasteiger partial charge < -0.3 is 9.47 Å². The summed E-state index contributed by atoms with van der Waals surface area (Å²) in [6, 6.07) is 1.72. The molecule has 1 aliphatic rings. The van der Waals surface area contributed by atoms with Gasteiger partial charge in [-0.3, -0.25) is 14.4 Å². The monoisotopic (exact) mass is 402 g/mol. The number of hydrogen-bond donors (Lipinski definition) is 0. The number of ether oxygens (including phenoxy) is 2. The summed E-state index contributed by atoms with van der Waals surface area (Å²) in [6.45, 7) is 5.95. The van der Waals surface area contributed by atoms with Crippen LogP contribution < -0.4 is 9.47 Å². The summed E-state index contributed by atoms with van der Waals surface area (Å²) in [6.07, 6.45) is 6.38. The third-order valence-corrected chi connectivity index (χ3v) is 5.59. The first-order valence-corrected chi connectivity index (χ1v) is 10.1. The minimum absolute atomic E-state index is 0.0793. The maximum atomic E-state index is 12.6. The van der Waals surface area contributed by atoms with Crippen LogP contribution in [0.4, 0.5) is 0 Å². The van der Waals surface area contributed by atoms with Gasteiger partial charge in [0, 0.05) is 17.2 Å². The fraction of sp³-hybridized carbons (Fsp3) is 0.409. The minimum atomic E-state index is -0.308. The first kappa shape index (κ1) is 22.0. The number of carbonyl (C=O) groups excluding carboxylic acids is 3. The van der Waals surface area contributed by atoms with Crippen LogP contribution in [-0.4, -0.2) is 30.9 Å². The highest BCUT2D eigenvalue weighted by Crippen LogP contribution is 2.45. The number of ketones is 2. The highest BCUT2D eigenvalue weighted by molar-refractivity contribution is 8.13. The lowest BCUT2D eigenvalue weighted by atomic mass is 9.89. The second kappa shape index (κ2) is 9.73. The van der Waals surface area contributed by atoms with Crippen molar-refractivity contribution in [1.29, 1.82) is 0 Å². The van der Waals surface area contributed by atoms with Gasteiger partial charge in [-0.1, -0.05) is 30.3 Å². The zero-order chi connectivity index (χ0) is 20.8. The quantitative estimate of drug-likeness (QED) is 0.564. The van der Waals surface area contributed by atoms with Crippen LogP contribution in [0.2, 0.25) is 0 Å². The Hall–Kier alpha value is -2.34. The maximum absolute atomic E-state index is 12.6. The van der Waals surface area contributed by atoms with Gasteiger partial charge in [0.15, 0.2) is 16.7 Å². The van der Waals surface area contributed by atoms with Crippen molar-refractivity contribution < 1.29 is 23.9 Å². The first-order chi connectivity index (χ1) is 13.3. The molecule has 0 amide bonds. The smallest absolute Gasteiger partial charge is 0.190 e. The number of methoxy groups -OCH3 is 2. The highest BCUT2D eigenvalue weighted by Gasteiger charge is 2.32. The minimum Gasteiger partial charge on any atom is -0.496 e. The van der Waals surface area contributed by atoms with Crippen molar-refractivity contribution in [1.82, 2.24) is 0 Å². The molecule has 0 aromatic heterocycles. The summed E-state index contributed by atoms with van der Waals surface area (Å²) < 4.78 is 11.0. The van der Waals surface area contributed by atoms with Crippen LogP contribution in [0.15, 0.2) is 29.9 Å². The van der Waals surface area contributed by atoms with Crippen LogP contribution in [0.3, 0.4) is 0 Å². The SMILES string of the molecule is CCCC(=O)SC(CC=C(C)C)c1cc(OC)c2c(c1OC)C(=O)C=CC2=O. The Labute approximate surface area is 170 Å². The molecule has 0 spiro atoms. The lowest BCUT2D eigenvalue weighted by molar-refractivity contribution is -0.111. The molecule has 0 N–H and O–H groups in total. The second-order valence-corrected chi connectivity index (χ2v) is 8.02. The zero-order valence-corrected chi connectivity index (χ0v) is 17.8. The van der Waals surface area contributed by atoms with Crippen molar-refractivity contribution in [2.24, 2.45) is 0 Å². The molecule has 2 rings (SSSR count). The van der Waals surface area contributed by atoms with Gasteiger partial charge in [0.25, 0.3) is 0 Å². The van der Waals surface area contributed by atoms with Crippen molar-refractivity contribution in [2.45, 2.75) is 45.3 Å². The second-order valence-electron chi connectivity index (χ2n) is 6.76. The van der Waals surface area contributed by atoms with Gasteiger partial charge >= 0.3 is 0 Å². The molecule has 5 nitrogen and oxygen atoms in total. The van der Waals surface area contributed by atoms with E-state index in [1.165, 1.54) is 38.1 Å². The van der Waals surface area contributed by atoms with Crippen LogP contribution in [-0.2, 0) is 4.79 Å². The van der Waals surface area contributed by atoms with E-state index in [9.17, 15) is 14.4 Å². The van der Waals surface area contributed by atoms with Gasteiger partial charge in [0.1, 0.15) is 11.5 Å². The zero-order valence-electron chi connectivity index (χ0n) is 17.0. The standard InChI is InChI=1S/C22H26O5S/c1-6-7-19(25)28-18(11-8-13(2)3)14-12-17(26-4)20-15(23)9-10-16(24)21(20)22(14)27-5/h8-10,12,18H,6-7,11H2,1-5H3. The molecule has 1 aromatic rings. The normalized spacial score (nSPS) is 13.8. The molecular formula is C22H26O5S. The van der Waals surface area contributed by atoms with Crippen LogP contribution in [0.25, 0.3) is 0 Å². The Morgan fingerprint density at radius 2 is 1.75 bits per heavy atom. The van der Waals surface area contributed by atoms with Gasteiger partial charge in [-0.15, -0.1) is 0 Å². The summed E-state index contributed by atoms with van der Waals surface area (Å²) >= 11 is 1.23. The van der Waals surface area contributed by atoms with Crippen molar-refractivity contribution in [3.05, 3.63) is 46.6 Å². The number of thioether (sulfide) groups is 1.